The highest BCUT2D eigenvalue weighted by Gasteiger charge is 2.10. The molecule has 0 amide bonds. The molecule has 2 aromatic rings. The molecule has 1 aliphatic rings. The molecule has 4 nitrogen and oxygen atoms in total. The molecule has 0 atom stereocenters. The standard InChI is InChI=1S/C15H20N4S/c1-11-9-15(20-12(11)2)18-14-4-3-13(10-17-14)19-7-5-16-6-8-19/h3-4,9-10,16H,5-8H2,1-2H3,(H,17,18). The van der Waals surface area contributed by atoms with Gasteiger partial charge in [0.05, 0.1) is 16.9 Å². The van der Waals surface area contributed by atoms with Crippen molar-refractivity contribution < 1.29 is 0 Å². The fourth-order valence-electron chi connectivity index (χ4n) is 2.33. The molecular formula is C15H20N4S. The van der Waals surface area contributed by atoms with Gasteiger partial charge in [-0.15, -0.1) is 11.3 Å². The van der Waals surface area contributed by atoms with Crippen molar-refractivity contribution in [2.24, 2.45) is 0 Å². The summed E-state index contributed by atoms with van der Waals surface area (Å²) in [6, 6.07) is 6.38. The Labute approximate surface area is 123 Å². The third-order valence-corrected chi connectivity index (χ3v) is 4.72. The molecule has 20 heavy (non-hydrogen) atoms. The summed E-state index contributed by atoms with van der Waals surface area (Å²) in [6.07, 6.45) is 1.96. The molecule has 0 saturated carbocycles. The van der Waals surface area contributed by atoms with Crippen LogP contribution in [0.3, 0.4) is 0 Å². The zero-order valence-electron chi connectivity index (χ0n) is 11.9. The van der Waals surface area contributed by atoms with Crippen LogP contribution in [0.25, 0.3) is 0 Å². The van der Waals surface area contributed by atoms with E-state index < -0.39 is 0 Å². The molecule has 0 unspecified atom stereocenters. The predicted octanol–water partition coefficient (Wildman–Crippen LogP) is 2.91. The van der Waals surface area contributed by atoms with Crippen LogP contribution in [-0.4, -0.2) is 31.2 Å². The lowest BCUT2D eigenvalue weighted by Crippen LogP contribution is -2.43. The highest BCUT2D eigenvalue weighted by atomic mass is 32.1. The number of hydrogen-bond donors (Lipinski definition) is 2. The molecule has 0 aliphatic carbocycles. The maximum absolute atomic E-state index is 4.52. The van der Waals surface area contributed by atoms with Crippen LogP contribution in [0.2, 0.25) is 0 Å². The maximum atomic E-state index is 4.52. The number of thiophene rings is 1. The third kappa shape index (κ3) is 2.94. The van der Waals surface area contributed by atoms with Crippen LogP contribution in [0, 0.1) is 13.8 Å². The molecule has 2 aromatic heterocycles. The summed E-state index contributed by atoms with van der Waals surface area (Å²) in [7, 11) is 0. The molecule has 1 saturated heterocycles. The lowest BCUT2D eigenvalue weighted by Gasteiger charge is -2.29. The first-order valence-electron chi connectivity index (χ1n) is 6.98. The van der Waals surface area contributed by atoms with Crippen LogP contribution < -0.4 is 15.5 Å². The van der Waals surface area contributed by atoms with E-state index in [-0.39, 0.29) is 0 Å². The lowest BCUT2D eigenvalue weighted by atomic mass is 10.3. The second-order valence-corrected chi connectivity index (χ2v) is 6.37. The zero-order valence-corrected chi connectivity index (χ0v) is 12.8. The third-order valence-electron chi connectivity index (χ3n) is 3.65. The molecule has 0 bridgehead atoms. The number of rotatable bonds is 3. The van der Waals surface area contributed by atoms with Crippen molar-refractivity contribution in [1.29, 1.82) is 0 Å². The molecule has 1 fully saturated rings. The summed E-state index contributed by atoms with van der Waals surface area (Å²) < 4.78 is 0. The van der Waals surface area contributed by atoms with E-state index in [1.807, 2.05) is 6.20 Å². The van der Waals surface area contributed by atoms with Gasteiger partial charge in [0.1, 0.15) is 5.82 Å². The Balaban J connectivity index is 1.69. The van der Waals surface area contributed by atoms with Gasteiger partial charge in [0, 0.05) is 31.1 Å². The van der Waals surface area contributed by atoms with Gasteiger partial charge in [0.25, 0.3) is 0 Å². The normalized spacial score (nSPS) is 15.4. The fraction of sp³-hybridized carbons (Fsp3) is 0.400. The van der Waals surface area contributed by atoms with E-state index >= 15 is 0 Å². The van der Waals surface area contributed by atoms with Crippen LogP contribution in [-0.2, 0) is 0 Å². The molecular weight excluding hydrogens is 268 g/mol. The van der Waals surface area contributed by atoms with Gasteiger partial charge in [-0.05, 0) is 37.6 Å². The van der Waals surface area contributed by atoms with Gasteiger partial charge >= 0.3 is 0 Å². The Morgan fingerprint density at radius 1 is 1.25 bits per heavy atom. The number of hydrogen-bond acceptors (Lipinski definition) is 5. The minimum Gasteiger partial charge on any atom is -0.368 e. The number of nitrogens with one attached hydrogen (secondary N) is 2. The summed E-state index contributed by atoms with van der Waals surface area (Å²) in [4.78, 5) is 8.24. The second-order valence-electron chi connectivity index (χ2n) is 5.11. The summed E-state index contributed by atoms with van der Waals surface area (Å²) in [5.41, 5.74) is 2.53. The summed E-state index contributed by atoms with van der Waals surface area (Å²) in [6.45, 7) is 8.49. The van der Waals surface area contributed by atoms with Gasteiger partial charge < -0.3 is 15.5 Å². The first kappa shape index (κ1) is 13.4. The van der Waals surface area contributed by atoms with Crippen molar-refractivity contribution in [3.63, 3.8) is 0 Å². The fourth-order valence-corrected chi connectivity index (χ4v) is 3.27. The van der Waals surface area contributed by atoms with Crippen molar-refractivity contribution in [2.75, 3.05) is 36.4 Å². The van der Waals surface area contributed by atoms with Crippen molar-refractivity contribution >= 4 is 27.8 Å². The van der Waals surface area contributed by atoms with Gasteiger partial charge in [-0.1, -0.05) is 0 Å². The largest absolute Gasteiger partial charge is 0.368 e. The van der Waals surface area contributed by atoms with Crippen LogP contribution in [0.15, 0.2) is 24.4 Å². The Bertz CT molecular complexity index is 551. The molecule has 3 heterocycles. The number of aromatic nitrogens is 1. The van der Waals surface area contributed by atoms with Gasteiger partial charge in [0.15, 0.2) is 0 Å². The average Bonchev–Trinajstić information content (AvgIpc) is 2.79. The maximum Gasteiger partial charge on any atom is 0.131 e. The van der Waals surface area contributed by atoms with E-state index in [2.05, 4.69) is 52.6 Å². The smallest absolute Gasteiger partial charge is 0.131 e. The monoisotopic (exact) mass is 288 g/mol. The van der Waals surface area contributed by atoms with Crippen molar-refractivity contribution in [3.05, 3.63) is 34.8 Å². The molecule has 0 aromatic carbocycles. The zero-order chi connectivity index (χ0) is 13.9. The summed E-state index contributed by atoms with van der Waals surface area (Å²) in [5, 5.41) is 7.89. The number of piperazine rings is 1. The Morgan fingerprint density at radius 2 is 2.05 bits per heavy atom. The molecule has 106 valence electrons. The van der Waals surface area contributed by atoms with Crippen LogP contribution >= 0.6 is 11.3 Å². The SMILES string of the molecule is Cc1cc(Nc2ccc(N3CCNCC3)cn2)sc1C. The Morgan fingerprint density at radius 3 is 2.65 bits per heavy atom. The van der Waals surface area contributed by atoms with Crippen molar-refractivity contribution in [2.45, 2.75) is 13.8 Å². The summed E-state index contributed by atoms with van der Waals surface area (Å²) >= 11 is 1.77. The highest BCUT2D eigenvalue weighted by Crippen LogP contribution is 2.28. The first-order chi connectivity index (χ1) is 9.72. The van der Waals surface area contributed by atoms with Crippen molar-refractivity contribution in [3.8, 4) is 0 Å². The van der Waals surface area contributed by atoms with Crippen LogP contribution in [0.4, 0.5) is 16.5 Å². The minimum atomic E-state index is 0.908. The van der Waals surface area contributed by atoms with Crippen LogP contribution in [0.5, 0.6) is 0 Å². The van der Waals surface area contributed by atoms with Crippen molar-refractivity contribution in [1.82, 2.24) is 10.3 Å². The first-order valence-corrected chi connectivity index (χ1v) is 7.80. The second kappa shape index (κ2) is 5.81. The minimum absolute atomic E-state index is 0.908. The molecule has 1 aliphatic heterocycles. The topological polar surface area (TPSA) is 40.2 Å². The van der Waals surface area contributed by atoms with Gasteiger partial charge in [-0.2, -0.15) is 0 Å². The van der Waals surface area contributed by atoms with E-state index in [1.54, 1.807) is 11.3 Å². The van der Waals surface area contributed by atoms with E-state index in [4.69, 9.17) is 0 Å². The molecule has 5 heteroatoms. The van der Waals surface area contributed by atoms with E-state index in [0.29, 0.717) is 0 Å². The van der Waals surface area contributed by atoms with E-state index in [0.717, 1.165) is 37.0 Å². The number of aryl methyl sites for hydroxylation is 2. The Hall–Kier alpha value is -1.59. The predicted molar refractivity (Wildman–Crippen MR) is 86.4 cm³/mol. The number of anilines is 3. The molecule has 2 N–H and O–H groups in total. The van der Waals surface area contributed by atoms with Gasteiger partial charge in [-0.3, -0.25) is 0 Å². The number of pyridine rings is 1. The van der Waals surface area contributed by atoms with Crippen LogP contribution in [0.1, 0.15) is 10.4 Å². The van der Waals surface area contributed by atoms with Gasteiger partial charge in [0.2, 0.25) is 0 Å². The van der Waals surface area contributed by atoms with E-state index in [1.165, 1.54) is 16.1 Å². The molecule has 0 radical (unpaired) electrons. The highest BCUT2D eigenvalue weighted by molar-refractivity contribution is 7.16. The quantitative estimate of drug-likeness (QED) is 0.911. The molecule has 3 rings (SSSR count). The average molecular weight is 288 g/mol. The molecule has 0 spiro atoms. The number of nitrogens with zero attached hydrogens (tertiary/aromatic N) is 2. The Kier molecular flexibility index (Phi) is 3.89. The lowest BCUT2D eigenvalue weighted by molar-refractivity contribution is 0.589. The van der Waals surface area contributed by atoms with E-state index in [9.17, 15) is 0 Å². The van der Waals surface area contributed by atoms with Gasteiger partial charge in [-0.25, -0.2) is 4.98 Å². The summed E-state index contributed by atoms with van der Waals surface area (Å²) in [5.74, 6) is 0.908.